The Morgan fingerprint density at radius 1 is 1.00 bits per heavy atom. The number of nitrogens with one attached hydrogen (secondary N) is 1. The van der Waals surface area contributed by atoms with Crippen LogP contribution in [0.15, 0.2) is 77.7 Å². The van der Waals surface area contributed by atoms with Gasteiger partial charge in [-0.2, -0.15) is 0 Å². The standard InChI is InChI=1S/C25H16ClN3O3/c1-14(30)32-24-18-9-10-20(31)28-25(18)29-23(15-6-3-2-4-7-15)21(24)17-12-16-8-5-11-27-22(16)19(26)13-17/h2-13H,1H3,(H,28,29,31). The van der Waals surface area contributed by atoms with Crippen LogP contribution in [0.25, 0.3) is 44.3 Å². The van der Waals surface area contributed by atoms with Gasteiger partial charge in [-0.05, 0) is 29.8 Å². The molecule has 32 heavy (non-hydrogen) atoms. The van der Waals surface area contributed by atoms with E-state index in [1.54, 1.807) is 18.3 Å². The van der Waals surface area contributed by atoms with Gasteiger partial charge in [0, 0.05) is 30.1 Å². The van der Waals surface area contributed by atoms with Crippen LogP contribution in [-0.2, 0) is 4.79 Å². The molecule has 6 nitrogen and oxygen atoms in total. The zero-order chi connectivity index (χ0) is 22.2. The Morgan fingerprint density at radius 3 is 2.59 bits per heavy atom. The van der Waals surface area contributed by atoms with Crippen LogP contribution in [-0.4, -0.2) is 20.9 Å². The van der Waals surface area contributed by atoms with Gasteiger partial charge in [-0.3, -0.25) is 14.6 Å². The smallest absolute Gasteiger partial charge is 0.308 e. The molecule has 0 spiro atoms. The molecule has 5 aromatic rings. The fraction of sp³-hybridized carbons (Fsp3) is 0.0400. The molecule has 0 aliphatic rings. The highest BCUT2D eigenvalue weighted by Crippen LogP contribution is 2.43. The molecule has 3 aromatic heterocycles. The fourth-order valence-corrected chi connectivity index (χ4v) is 4.04. The number of hydrogen-bond acceptors (Lipinski definition) is 5. The van der Waals surface area contributed by atoms with Gasteiger partial charge in [0.2, 0.25) is 5.56 Å². The molecular formula is C25H16ClN3O3. The number of aromatic amines is 1. The number of pyridine rings is 3. The Morgan fingerprint density at radius 2 is 1.81 bits per heavy atom. The van der Waals surface area contributed by atoms with E-state index in [4.69, 9.17) is 21.3 Å². The zero-order valence-corrected chi connectivity index (χ0v) is 17.7. The Labute approximate surface area is 187 Å². The summed E-state index contributed by atoms with van der Waals surface area (Å²) in [7, 11) is 0. The minimum atomic E-state index is -0.488. The highest BCUT2D eigenvalue weighted by atomic mass is 35.5. The molecule has 0 amide bonds. The highest BCUT2D eigenvalue weighted by Gasteiger charge is 2.22. The van der Waals surface area contributed by atoms with Gasteiger partial charge in [0.05, 0.1) is 27.2 Å². The average Bonchev–Trinajstić information content (AvgIpc) is 2.79. The number of aromatic nitrogens is 3. The molecular weight excluding hydrogens is 426 g/mol. The molecule has 0 atom stereocenters. The van der Waals surface area contributed by atoms with Crippen molar-refractivity contribution >= 4 is 39.5 Å². The third-order valence-corrected chi connectivity index (χ3v) is 5.36. The van der Waals surface area contributed by atoms with Crippen molar-refractivity contribution in [3.05, 3.63) is 88.3 Å². The molecule has 156 valence electrons. The summed E-state index contributed by atoms with van der Waals surface area (Å²) in [4.78, 5) is 35.9. The van der Waals surface area contributed by atoms with Crippen molar-refractivity contribution < 1.29 is 9.53 Å². The first-order valence-corrected chi connectivity index (χ1v) is 10.2. The maximum absolute atomic E-state index is 12.1. The van der Waals surface area contributed by atoms with E-state index in [1.807, 2.05) is 48.5 Å². The van der Waals surface area contributed by atoms with E-state index in [9.17, 15) is 9.59 Å². The van der Waals surface area contributed by atoms with Crippen LogP contribution in [0.3, 0.4) is 0 Å². The zero-order valence-electron chi connectivity index (χ0n) is 16.9. The first-order chi connectivity index (χ1) is 15.5. The molecule has 0 bridgehead atoms. The maximum Gasteiger partial charge on any atom is 0.308 e. The van der Waals surface area contributed by atoms with Crippen LogP contribution in [0.2, 0.25) is 5.02 Å². The molecule has 0 fully saturated rings. The Kier molecular flexibility index (Phi) is 4.92. The summed E-state index contributed by atoms with van der Waals surface area (Å²) >= 11 is 6.57. The van der Waals surface area contributed by atoms with Crippen molar-refractivity contribution in [2.24, 2.45) is 0 Å². The van der Waals surface area contributed by atoms with Gasteiger partial charge >= 0.3 is 5.97 Å². The third-order valence-electron chi connectivity index (χ3n) is 5.07. The molecule has 5 rings (SSSR count). The van der Waals surface area contributed by atoms with Crippen molar-refractivity contribution in [2.75, 3.05) is 0 Å². The monoisotopic (exact) mass is 441 g/mol. The van der Waals surface area contributed by atoms with Crippen LogP contribution in [0.4, 0.5) is 0 Å². The van der Waals surface area contributed by atoms with Crippen molar-refractivity contribution in [3.63, 3.8) is 0 Å². The van der Waals surface area contributed by atoms with Crippen molar-refractivity contribution in [3.8, 4) is 28.1 Å². The molecule has 7 heteroatoms. The first-order valence-electron chi connectivity index (χ1n) is 9.87. The van der Waals surface area contributed by atoms with Crippen molar-refractivity contribution in [1.29, 1.82) is 0 Å². The number of fused-ring (bicyclic) bond motifs is 2. The van der Waals surface area contributed by atoms with E-state index in [-0.39, 0.29) is 5.56 Å². The Balaban J connectivity index is 1.95. The summed E-state index contributed by atoms with van der Waals surface area (Å²) in [5, 5.41) is 1.81. The van der Waals surface area contributed by atoms with Crippen LogP contribution < -0.4 is 10.3 Å². The summed E-state index contributed by atoms with van der Waals surface area (Å²) in [5.74, 6) is -0.186. The second-order valence-corrected chi connectivity index (χ2v) is 7.65. The van der Waals surface area contributed by atoms with E-state index >= 15 is 0 Å². The lowest BCUT2D eigenvalue weighted by Crippen LogP contribution is -2.09. The van der Waals surface area contributed by atoms with Gasteiger partial charge in [-0.1, -0.05) is 48.0 Å². The number of hydrogen-bond donors (Lipinski definition) is 1. The second-order valence-electron chi connectivity index (χ2n) is 7.24. The first kappa shape index (κ1) is 19.9. The number of carbonyl (C=O) groups is 1. The lowest BCUT2D eigenvalue weighted by molar-refractivity contribution is -0.131. The number of ether oxygens (including phenoxy) is 1. The van der Waals surface area contributed by atoms with Crippen molar-refractivity contribution in [1.82, 2.24) is 15.0 Å². The molecule has 0 aliphatic carbocycles. The normalized spacial score (nSPS) is 11.1. The summed E-state index contributed by atoms with van der Waals surface area (Å²) in [5.41, 5.74) is 3.35. The molecule has 0 saturated carbocycles. The van der Waals surface area contributed by atoms with Gasteiger partial charge in [-0.15, -0.1) is 0 Å². The predicted molar refractivity (Wildman–Crippen MR) is 125 cm³/mol. The number of esters is 1. The van der Waals surface area contributed by atoms with Crippen LogP contribution in [0.1, 0.15) is 6.92 Å². The Bertz CT molecular complexity index is 1560. The molecule has 0 aliphatic heterocycles. The number of halogens is 1. The second kappa shape index (κ2) is 7.90. The van der Waals surface area contributed by atoms with E-state index in [0.717, 1.165) is 10.9 Å². The maximum atomic E-state index is 12.1. The molecule has 0 radical (unpaired) electrons. The average molecular weight is 442 g/mol. The lowest BCUT2D eigenvalue weighted by Gasteiger charge is -2.17. The van der Waals surface area contributed by atoms with Gasteiger partial charge in [-0.25, -0.2) is 4.98 Å². The van der Waals surface area contributed by atoms with E-state index in [0.29, 0.717) is 44.1 Å². The van der Waals surface area contributed by atoms with Crippen LogP contribution >= 0.6 is 11.6 Å². The summed E-state index contributed by atoms with van der Waals surface area (Å²) in [6.45, 7) is 1.33. The molecule has 0 saturated heterocycles. The topological polar surface area (TPSA) is 84.9 Å². The third kappa shape index (κ3) is 3.50. The van der Waals surface area contributed by atoms with Gasteiger partial charge in [0.25, 0.3) is 0 Å². The van der Waals surface area contributed by atoms with E-state index < -0.39 is 5.97 Å². The summed E-state index contributed by atoms with van der Waals surface area (Å²) in [6, 6.07) is 19.9. The predicted octanol–water partition coefficient (Wildman–Crippen LogP) is 5.38. The SMILES string of the molecule is CC(=O)Oc1c(-c2cc(Cl)c3ncccc3c2)c(-c2ccccc2)nc2[nH]c(=O)ccc12. The number of rotatable bonds is 3. The largest absolute Gasteiger partial charge is 0.425 e. The van der Waals surface area contributed by atoms with E-state index in [2.05, 4.69) is 9.97 Å². The van der Waals surface area contributed by atoms with Crippen LogP contribution in [0.5, 0.6) is 5.75 Å². The van der Waals surface area contributed by atoms with Gasteiger partial charge in [0.15, 0.2) is 5.75 Å². The van der Waals surface area contributed by atoms with Gasteiger partial charge in [0.1, 0.15) is 5.65 Å². The highest BCUT2D eigenvalue weighted by molar-refractivity contribution is 6.35. The number of benzene rings is 2. The van der Waals surface area contributed by atoms with Crippen molar-refractivity contribution in [2.45, 2.75) is 6.92 Å². The summed E-state index contributed by atoms with van der Waals surface area (Å²) in [6.07, 6.45) is 1.68. The summed E-state index contributed by atoms with van der Waals surface area (Å²) < 4.78 is 5.71. The molecule has 3 heterocycles. The molecule has 2 aromatic carbocycles. The number of nitrogens with zero attached hydrogens (tertiary/aromatic N) is 2. The quantitative estimate of drug-likeness (QED) is 0.380. The minimum Gasteiger partial charge on any atom is -0.425 e. The Hall–Kier alpha value is -4.03. The van der Waals surface area contributed by atoms with Gasteiger partial charge < -0.3 is 9.72 Å². The number of H-pyrrole nitrogens is 1. The van der Waals surface area contributed by atoms with E-state index in [1.165, 1.54) is 13.0 Å². The number of carbonyl (C=O) groups excluding carboxylic acids is 1. The lowest BCUT2D eigenvalue weighted by atomic mass is 9.95. The molecule has 0 unspecified atom stereocenters. The van der Waals surface area contributed by atoms with Crippen LogP contribution in [0, 0.1) is 0 Å². The minimum absolute atomic E-state index is 0.301. The fourth-order valence-electron chi connectivity index (χ4n) is 3.76. The molecule has 1 N–H and O–H groups in total.